The van der Waals surface area contributed by atoms with E-state index in [0.717, 1.165) is 24.6 Å². The second kappa shape index (κ2) is 5.46. The first kappa shape index (κ1) is 13.2. The summed E-state index contributed by atoms with van der Waals surface area (Å²) in [5.74, 6) is 1.54. The van der Waals surface area contributed by atoms with Gasteiger partial charge in [-0.15, -0.1) is 0 Å². The molecule has 1 rings (SSSR count). The fourth-order valence-electron chi connectivity index (χ4n) is 1.35. The third kappa shape index (κ3) is 3.61. The maximum absolute atomic E-state index is 5.37. The normalized spacial score (nSPS) is 12.4. The highest BCUT2D eigenvalue weighted by molar-refractivity contribution is 5.06. The molecule has 1 aromatic heterocycles. The first-order valence-electron chi connectivity index (χ1n) is 5.76. The lowest BCUT2D eigenvalue weighted by atomic mass is 10.1. The molecule has 2 N–H and O–H groups in total. The molecule has 0 radical (unpaired) electrons. The van der Waals surface area contributed by atoms with Gasteiger partial charge >= 0.3 is 0 Å². The van der Waals surface area contributed by atoms with Gasteiger partial charge in [0.05, 0.1) is 0 Å². The Morgan fingerprint density at radius 2 is 2.19 bits per heavy atom. The minimum atomic E-state index is -0.351. The van der Waals surface area contributed by atoms with Crippen molar-refractivity contribution >= 4 is 0 Å². The van der Waals surface area contributed by atoms with Crippen LogP contribution in [0.4, 0.5) is 0 Å². The monoisotopic (exact) mass is 225 g/mol. The van der Waals surface area contributed by atoms with E-state index in [1.54, 1.807) is 7.11 Å². The molecule has 0 fully saturated rings. The van der Waals surface area contributed by atoms with E-state index < -0.39 is 0 Å². The van der Waals surface area contributed by atoms with Gasteiger partial charge in [-0.2, -0.15) is 0 Å². The van der Waals surface area contributed by atoms with Crippen LogP contribution in [0.1, 0.15) is 39.2 Å². The molecule has 0 saturated heterocycles. The highest BCUT2D eigenvalue weighted by atomic mass is 16.5. The second-order valence-electron chi connectivity index (χ2n) is 5.00. The number of ether oxygens (including phenoxy) is 1. The zero-order valence-corrected chi connectivity index (χ0v) is 10.9. The van der Waals surface area contributed by atoms with Crippen molar-refractivity contribution in [2.24, 2.45) is 5.92 Å². The van der Waals surface area contributed by atoms with E-state index in [0.29, 0.717) is 5.92 Å². The van der Waals surface area contributed by atoms with Crippen molar-refractivity contribution in [3.8, 4) is 0 Å². The van der Waals surface area contributed by atoms with E-state index in [1.807, 2.05) is 20.0 Å². The average Bonchev–Trinajstić information content (AvgIpc) is 2.66. The maximum atomic E-state index is 5.37. The Bertz CT molecular complexity index is 318. The van der Waals surface area contributed by atoms with Crippen molar-refractivity contribution in [2.75, 3.05) is 13.7 Å². The molecule has 0 bridgehead atoms. The summed E-state index contributed by atoms with van der Waals surface area (Å²) in [6, 6.07) is 0. The van der Waals surface area contributed by atoms with E-state index in [2.05, 4.69) is 29.1 Å². The van der Waals surface area contributed by atoms with E-state index in [1.165, 1.54) is 0 Å². The standard InChI is InChI=1S/C12H23N3O/c1-9(2)6-13-7-10-8-14-11(15-10)12(3,4)16-5/h8-9,13H,6-7H2,1-5H3,(H,14,15). The number of nitrogens with zero attached hydrogens (tertiary/aromatic N) is 1. The van der Waals surface area contributed by atoms with Crippen molar-refractivity contribution in [1.29, 1.82) is 0 Å². The number of aromatic amines is 1. The molecule has 0 saturated carbocycles. The molecule has 0 atom stereocenters. The van der Waals surface area contributed by atoms with E-state index in [-0.39, 0.29) is 5.60 Å². The van der Waals surface area contributed by atoms with E-state index in [9.17, 15) is 0 Å². The molecule has 0 aliphatic heterocycles. The summed E-state index contributed by atoms with van der Waals surface area (Å²) in [4.78, 5) is 7.62. The van der Waals surface area contributed by atoms with Crippen LogP contribution in [0.3, 0.4) is 0 Å². The lowest BCUT2D eigenvalue weighted by Gasteiger charge is -2.19. The number of hydrogen-bond acceptors (Lipinski definition) is 3. The quantitative estimate of drug-likeness (QED) is 0.779. The van der Waals surface area contributed by atoms with Crippen LogP contribution in [0.25, 0.3) is 0 Å². The molecule has 0 aliphatic carbocycles. The number of methoxy groups -OCH3 is 1. The Labute approximate surface area is 97.8 Å². The van der Waals surface area contributed by atoms with Gasteiger partial charge in [-0.05, 0) is 26.3 Å². The van der Waals surface area contributed by atoms with Crippen LogP contribution in [0.5, 0.6) is 0 Å². The van der Waals surface area contributed by atoms with Gasteiger partial charge in [-0.25, -0.2) is 4.98 Å². The van der Waals surface area contributed by atoms with Gasteiger partial charge in [0.1, 0.15) is 11.4 Å². The molecule has 4 heteroatoms. The van der Waals surface area contributed by atoms with Crippen LogP contribution in [-0.2, 0) is 16.9 Å². The second-order valence-corrected chi connectivity index (χ2v) is 5.00. The Morgan fingerprint density at radius 3 is 2.75 bits per heavy atom. The van der Waals surface area contributed by atoms with Gasteiger partial charge in [0, 0.05) is 25.5 Å². The van der Waals surface area contributed by atoms with Crippen molar-refractivity contribution < 1.29 is 4.74 Å². The van der Waals surface area contributed by atoms with Crippen LogP contribution in [0, 0.1) is 5.92 Å². The van der Waals surface area contributed by atoms with Crippen molar-refractivity contribution in [1.82, 2.24) is 15.3 Å². The average molecular weight is 225 g/mol. The van der Waals surface area contributed by atoms with Crippen LogP contribution >= 0.6 is 0 Å². The molecule has 0 aromatic carbocycles. The van der Waals surface area contributed by atoms with Gasteiger partial charge < -0.3 is 15.0 Å². The zero-order valence-electron chi connectivity index (χ0n) is 10.9. The molecule has 16 heavy (non-hydrogen) atoms. The third-order valence-electron chi connectivity index (χ3n) is 2.58. The lowest BCUT2D eigenvalue weighted by molar-refractivity contribution is 0.0121. The zero-order chi connectivity index (χ0) is 12.2. The van der Waals surface area contributed by atoms with Crippen molar-refractivity contribution in [2.45, 2.75) is 39.8 Å². The first-order valence-corrected chi connectivity index (χ1v) is 5.76. The minimum Gasteiger partial charge on any atom is -0.371 e. The highest BCUT2D eigenvalue weighted by Gasteiger charge is 2.22. The molecule has 0 aliphatic rings. The van der Waals surface area contributed by atoms with Gasteiger partial charge in [-0.1, -0.05) is 13.8 Å². The van der Waals surface area contributed by atoms with Crippen LogP contribution in [-0.4, -0.2) is 23.6 Å². The molecule has 1 heterocycles. The predicted molar refractivity (Wildman–Crippen MR) is 65.2 cm³/mol. The molecule has 4 nitrogen and oxygen atoms in total. The summed E-state index contributed by atoms with van der Waals surface area (Å²) in [7, 11) is 1.69. The fourth-order valence-corrected chi connectivity index (χ4v) is 1.35. The molecule has 0 unspecified atom stereocenters. The van der Waals surface area contributed by atoms with Gasteiger partial charge in [-0.3, -0.25) is 0 Å². The summed E-state index contributed by atoms with van der Waals surface area (Å²) in [6.45, 7) is 10.2. The van der Waals surface area contributed by atoms with Crippen LogP contribution in [0.15, 0.2) is 6.20 Å². The topological polar surface area (TPSA) is 49.9 Å². The number of imidazole rings is 1. The summed E-state index contributed by atoms with van der Waals surface area (Å²) < 4.78 is 5.37. The highest BCUT2D eigenvalue weighted by Crippen LogP contribution is 2.20. The first-order chi connectivity index (χ1) is 7.45. The molecular formula is C12H23N3O. The Morgan fingerprint density at radius 1 is 1.50 bits per heavy atom. The molecule has 92 valence electrons. The number of H-pyrrole nitrogens is 1. The van der Waals surface area contributed by atoms with Gasteiger partial charge in [0.2, 0.25) is 0 Å². The predicted octanol–water partition coefficient (Wildman–Crippen LogP) is 2.04. The molecule has 0 amide bonds. The Balaban J connectivity index is 2.52. The van der Waals surface area contributed by atoms with E-state index in [4.69, 9.17) is 4.74 Å². The summed E-state index contributed by atoms with van der Waals surface area (Å²) in [6.07, 6.45) is 1.86. The largest absolute Gasteiger partial charge is 0.371 e. The lowest BCUT2D eigenvalue weighted by Crippen LogP contribution is -2.22. The number of hydrogen-bond donors (Lipinski definition) is 2. The summed E-state index contributed by atoms with van der Waals surface area (Å²) >= 11 is 0. The smallest absolute Gasteiger partial charge is 0.138 e. The molecule has 0 spiro atoms. The number of rotatable bonds is 6. The summed E-state index contributed by atoms with van der Waals surface area (Å²) in [5.41, 5.74) is 0.747. The third-order valence-corrected chi connectivity index (χ3v) is 2.58. The number of aromatic nitrogens is 2. The SMILES string of the molecule is COC(C)(C)c1ncc(CNCC(C)C)[nH]1. The Kier molecular flexibility index (Phi) is 4.50. The maximum Gasteiger partial charge on any atom is 0.138 e. The summed E-state index contributed by atoms with van der Waals surface area (Å²) in [5, 5.41) is 3.37. The number of nitrogens with one attached hydrogen (secondary N) is 2. The van der Waals surface area contributed by atoms with Gasteiger partial charge in [0.25, 0.3) is 0 Å². The Hall–Kier alpha value is -0.870. The van der Waals surface area contributed by atoms with Gasteiger partial charge in [0.15, 0.2) is 0 Å². The molecule has 1 aromatic rings. The van der Waals surface area contributed by atoms with Crippen molar-refractivity contribution in [3.05, 3.63) is 17.7 Å². The fraction of sp³-hybridized carbons (Fsp3) is 0.750. The minimum absolute atomic E-state index is 0.351. The van der Waals surface area contributed by atoms with Crippen molar-refractivity contribution in [3.63, 3.8) is 0 Å². The molecular weight excluding hydrogens is 202 g/mol. The van der Waals surface area contributed by atoms with Crippen LogP contribution < -0.4 is 5.32 Å². The van der Waals surface area contributed by atoms with Crippen LogP contribution in [0.2, 0.25) is 0 Å². The van der Waals surface area contributed by atoms with E-state index >= 15 is 0 Å².